The fourth-order valence-electron chi connectivity index (χ4n) is 1.29. The molecule has 0 aliphatic carbocycles. The average Bonchev–Trinajstić information content (AvgIpc) is 2.07. The van der Waals surface area contributed by atoms with Gasteiger partial charge in [0.2, 0.25) is 0 Å². The zero-order valence-electron chi connectivity index (χ0n) is 8.79. The van der Waals surface area contributed by atoms with Crippen LogP contribution in [-0.4, -0.2) is 28.3 Å². The molecule has 0 saturated carbocycles. The number of hydrogen-bond donors (Lipinski definition) is 1. The van der Waals surface area contributed by atoms with Crippen LogP contribution in [0.5, 0.6) is 0 Å². The van der Waals surface area contributed by atoms with Gasteiger partial charge >= 0.3 is 0 Å². The third kappa shape index (κ3) is 1.91. The molecular formula is C10H15N3S. The van der Waals surface area contributed by atoms with Crippen LogP contribution >= 0.6 is 11.8 Å². The Morgan fingerprint density at radius 1 is 1.14 bits per heavy atom. The molecule has 76 valence electrons. The summed E-state index contributed by atoms with van der Waals surface area (Å²) in [5, 5.41) is 4.84. The predicted octanol–water partition coefficient (Wildman–Crippen LogP) is 1.47. The van der Waals surface area contributed by atoms with E-state index in [9.17, 15) is 0 Å². The third-order valence-electron chi connectivity index (χ3n) is 2.63. The standard InChI is InChI=1S/C10H15N3S/c1-6-7(2)12-10(13-8(6)3)14-9-4-11-5-9/h9,11H,4-5H2,1-3H3. The fraction of sp³-hybridized carbons (Fsp3) is 0.600. The van der Waals surface area contributed by atoms with E-state index in [-0.39, 0.29) is 0 Å². The highest BCUT2D eigenvalue weighted by atomic mass is 32.2. The topological polar surface area (TPSA) is 37.8 Å². The van der Waals surface area contributed by atoms with Gasteiger partial charge in [-0.1, -0.05) is 11.8 Å². The van der Waals surface area contributed by atoms with Crippen molar-refractivity contribution in [1.29, 1.82) is 0 Å². The quantitative estimate of drug-likeness (QED) is 0.748. The van der Waals surface area contributed by atoms with Gasteiger partial charge in [0.05, 0.1) is 0 Å². The minimum absolute atomic E-state index is 0.663. The lowest BCUT2D eigenvalue weighted by Gasteiger charge is -2.25. The molecule has 0 amide bonds. The van der Waals surface area contributed by atoms with Crippen LogP contribution in [0.4, 0.5) is 0 Å². The van der Waals surface area contributed by atoms with Crippen molar-refractivity contribution >= 4 is 11.8 Å². The maximum Gasteiger partial charge on any atom is 0.188 e. The molecule has 1 aliphatic heterocycles. The molecule has 1 saturated heterocycles. The maximum absolute atomic E-state index is 4.48. The van der Waals surface area contributed by atoms with E-state index in [1.54, 1.807) is 11.8 Å². The summed E-state index contributed by atoms with van der Waals surface area (Å²) >= 11 is 1.78. The van der Waals surface area contributed by atoms with Gasteiger partial charge in [-0.15, -0.1) is 0 Å². The minimum atomic E-state index is 0.663. The Morgan fingerprint density at radius 3 is 2.14 bits per heavy atom. The van der Waals surface area contributed by atoms with E-state index in [1.165, 1.54) is 5.56 Å². The summed E-state index contributed by atoms with van der Waals surface area (Å²) in [6, 6.07) is 0. The van der Waals surface area contributed by atoms with Gasteiger partial charge in [0.15, 0.2) is 5.16 Å². The van der Waals surface area contributed by atoms with E-state index in [0.29, 0.717) is 5.25 Å². The Balaban J connectivity index is 2.17. The van der Waals surface area contributed by atoms with E-state index in [1.807, 2.05) is 13.8 Å². The number of nitrogens with zero attached hydrogens (tertiary/aromatic N) is 2. The second kappa shape index (κ2) is 3.87. The molecule has 0 aromatic carbocycles. The zero-order valence-corrected chi connectivity index (χ0v) is 9.61. The van der Waals surface area contributed by atoms with Gasteiger partial charge < -0.3 is 5.32 Å². The molecule has 1 aromatic heterocycles. The number of hydrogen-bond acceptors (Lipinski definition) is 4. The number of thioether (sulfide) groups is 1. The molecule has 0 radical (unpaired) electrons. The summed E-state index contributed by atoms with van der Waals surface area (Å²) in [5.74, 6) is 0. The van der Waals surface area contributed by atoms with E-state index in [4.69, 9.17) is 0 Å². The molecule has 0 spiro atoms. The number of nitrogens with one attached hydrogen (secondary N) is 1. The van der Waals surface area contributed by atoms with Crippen molar-refractivity contribution in [3.8, 4) is 0 Å². The molecule has 1 fully saturated rings. The highest BCUT2D eigenvalue weighted by Crippen LogP contribution is 2.23. The number of aromatic nitrogens is 2. The summed E-state index contributed by atoms with van der Waals surface area (Å²) in [6.07, 6.45) is 0. The molecule has 4 heteroatoms. The molecular weight excluding hydrogens is 194 g/mol. The largest absolute Gasteiger partial charge is 0.314 e. The van der Waals surface area contributed by atoms with Crippen molar-refractivity contribution in [3.63, 3.8) is 0 Å². The molecule has 0 unspecified atom stereocenters. The first-order chi connectivity index (χ1) is 6.66. The molecule has 0 atom stereocenters. The summed E-state index contributed by atoms with van der Waals surface area (Å²) in [4.78, 5) is 8.96. The van der Waals surface area contributed by atoms with Crippen LogP contribution in [0, 0.1) is 20.8 Å². The molecule has 1 aromatic rings. The first-order valence-electron chi connectivity index (χ1n) is 4.86. The minimum Gasteiger partial charge on any atom is -0.314 e. The van der Waals surface area contributed by atoms with E-state index < -0.39 is 0 Å². The Bertz CT molecular complexity index is 324. The van der Waals surface area contributed by atoms with E-state index in [0.717, 1.165) is 29.6 Å². The van der Waals surface area contributed by atoms with Crippen LogP contribution in [0.25, 0.3) is 0 Å². The molecule has 3 nitrogen and oxygen atoms in total. The molecule has 1 N–H and O–H groups in total. The third-order valence-corrected chi connectivity index (χ3v) is 3.69. The Labute approximate surface area is 88.7 Å². The van der Waals surface area contributed by atoms with Crippen molar-refractivity contribution in [3.05, 3.63) is 17.0 Å². The van der Waals surface area contributed by atoms with Gasteiger partial charge in [-0.05, 0) is 26.3 Å². The van der Waals surface area contributed by atoms with Gasteiger partial charge in [-0.25, -0.2) is 9.97 Å². The highest BCUT2D eigenvalue weighted by Gasteiger charge is 2.19. The van der Waals surface area contributed by atoms with Crippen LogP contribution in [0.15, 0.2) is 5.16 Å². The Morgan fingerprint density at radius 2 is 1.71 bits per heavy atom. The Kier molecular flexibility index (Phi) is 2.74. The number of rotatable bonds is 2. The van der Waals surface area contributed by atoms with Gasteiger partial charge in [0.1, 0.15) is 0 Å². The molecule has 14 heavy (non-hydrogen) atoms. The van der Waals surface area contributed by atoms with Gasteiger partial charge in [0, 0.05) is 29.7 Å². The lowest BCUT2D eigenvalue weighted by Crippen LogP contribution is -2.44. The second-order valence-electron chi connectivity index (χ2n) is 3.70. The SMILES string of the molecule is Cc1nc(SC2CNC2)nc(C)c1C. The molecule has 2 rings (SSSR count). The molecule has 1 aliphatic rings. The summed E-state index contributed by atoms with van der Waals surface area (Å²) in [7, 11) is 0. The number of aryl methyl sites for hydroxylation is 2. The van der Waals surface area contributed by atoms with Crippen molar-refractivity contribution in [1.82, 2.24) is 15.3 Å². The second-order valence-corrected chi connectivity index (χ2v) is 4.97. The first-order valence-corrected chi connectivity index (χ1v) is 5.74. The summed E-state index contributed by atoms with van der Waals surface area (Å²) < 4.78 is 0. The van der Waals surface area contributed by atoms with Crippen LogP contribution in [0.3, 0.4) is 0 Å². The Hall–Kier alpha value is -0.610. The lowest BCUT2D eigenvalue weighted by atomic mass is 10.2. The van der Waals surface area contributed by atoms with Crippen molar-refractivity contribution in [2.45, 2.75) is 31.2 Å². The lowest BCUT2D eigenvalue weighted by molar-refractivity contribution is 0.542. The smallest absolute Gasteiger partial charge is 0.188 e. The summed E-state index contributed by atoms with van der Waals surface area (Å²) in [5.41, 5.74) is 3.42. The van der Waals surface area contributed by atoms with Crippen molar-refractivity contribution in [2.75, 3.05) is 13.1 Å². The highest BCUT2D eigenvalue weighted by molar-refractivity contribution is 7.99. The van der Waals surface area contributed by atoms with Crippen LogP contribution in [-0.2, 0) is 0 Å². The van der Waals surface area contributed by atoms with Crippen molar-refractivity contribution < 1.29 is 0 Å². The first kappa shape index (κ1) is 9.93. The fourth-order valence-corrected chi connectivity index (χ4v) is 2.37. The zero-order chi connectivity index (χ0) is 10.1. The van der Waals surface area contributed by atoms with Crippen LogP contribution < -0.4 is 5.32 Å². The predicted molar refractivity (Wildman–Crippen MR) is 58.8 cm³/mol. The van der Waals surface area contributed by atoms with Crippen LogP contribution in [0.2, 0.25) is 0 Å². The van der Waals surface area contributed by atoms with Gasteiger partial charge in [-0.2, -0.15) is 0 Å². The van der Waals surface area contributed by atoms with Crippen LogP contribution in [0.1, 0.15) is 17.0 Å². The van der Waals surface area contributed by atoms with Gasteiger partial charge in [0.25, 0.3) is 0 Å². The maximum atomic E-state index is 4.48. The van der Waals surface area contributed by atoms with E-state index >= 15 is 0 Å². The average molecular weight is 209 g/mol. The monoisotopic (exact) mass is 209 g/mol. The van der Waals surface area contributed by atoms with Gasteiger partial charge in [-0.3, -0.25) is 0 Å². The van der Waals surface area contributed by atoms with Crippen molar-refractivity contribution in [2.24, 2.45) is 0 Å². The molecule has 0 bridgehead atoms. The van der Waals surface area contributed by atoms with E-state index in [2.05, 4.69) is 22.2 Å². The molecule has 2 heterocycles. The summed E-state index contributed by atoms with van der Waals surface area (Å²) in [6.45, 7) is 8.34. The normalized spacial score (nSPS) is 16.8.